The number of anilines is 1. The van der Waals surface area contributed by atoms with E-state index < -0.39 is 29.3 Å². The minimum atomic E-state index is -5.09. The molecule has 1 aromatic rings. The van der Waals surface area contributed by atoms with E-state index in [-0.39, 0.29) is 5.75 Å². The number of halogens is 3. The zero-order chi connectivity index (χ0) is 13.9. The predicted molar refractivity (Wildman–Crippen MR) is 54.6 cm³/mol. The lowest BCUT2D eigenvalue weighted by Crippen LogP contribution is -2.30. The largest absolute Gasteiger partial charge is 0.497 e. The van der Waals surface area contributed by atoms with E-state index in [0.29, 0.717) is 0 Å². The van der Waals surface area contributed by atoms with Gasteiger partial charge in [-0.15, -0.1) is 0 Å². The van der Waals surface area contributed by atoms with E-state index in [2.05, 4.69) is 0 Å². The van der Waals surface area contributed by atoms with Gasteiger partial charge in [0.05, 0.1) is 18.4 Å². The van der Waals surface area contributed by atoms with Crippen molar-refractivity contribution in [1.29, 1.82) is 0 Å². The van der Waals surface area contributed by atoms with E-state index >= 15 is 0 Å². The summed E-state index contributed by atoms with van der Waals surface area (Å²) < 4.78 is 40.8. The minimum absolute atomic E-state index is 0.150. The number of carbonyl (C=O) groups excluding carboxylic acids is 1. The van der Waals surface area contributed by atoms with Crippen LogP contribution < -0.4 is 10.1 Å². The Labute approximate surface area is 99.2 Å². The maximum Gasteiger partial charge on any atom is 0.471 e. The Bertz CT molecular complexity index is 485. The normalized spacial score (nSPS) is 10.9. The van der Waals surface area contributed by atoms with Crippen LogP contribution in [-0.4, -0.2) is 30.3 Å². The lowest BCUT2D eigenvalue weighted by atomic mass is 10.1. The average Bonchev–Trinajstić information content (AvgIpc) is 2.27. The Morgan fingerprint density at radius 3 is 2.39 bits per heavy atom. The number of nitrogens with one attached hydrogen (secondary N) is 1. The lowest BCUT2D eigenvalue weighted by molar-refractivity contribution is -0.167. The molecule has 1 aromatic carbocycles. The highest BCUT2D eigenvalue weighted by Crippen LogP contribution is 2.24. The summed E-state index contributed by atoms with van der Waals surface area (Å²) in [5.74, 6) is -3.57. The standard InChI is InChI=1S/C10H8F3NO4/c1-18-5-2-3-7(6(4-5)8(15)16)14-9(17)10(11,12)13/h2-4H,1H3,(H,14,17)(H,15,16). The first-order chi connectivity index (χ1) is 8.25. The third kappa shape index (κ3) is 3.12. The minimum Gasteiger partial charge on any atom is -0.497 e. The number of hydrogen-bond acceptors (Lipinski definition) is 3. The zero-order valence-corrected chi connectivity index (χ0v) is 9.04. The topological polar surface area (TPSA) is 75.6 Å². The molecule has 0 aromatic heterocycles. The Morgan fingerprint density at radius 1 is 1.33 bits per heavy atom. The number of benzene rings is 1. The molecule has 0 fully saturated rings. The second-order valence-electron chi connectivity index (χ2n) is 3.17. The summed E-state index contributed by atoms with van der Waals surface area (Å²) >= 11 is 0. The van der Waals surface area contributed by atoms with E-state index in [4.69, 9.17) is 9.84 Å². The third-order valence-electron chi connectivity index (χ3n) is 1.96. The quantitative estimate of drug-likeness (QED) is 0.873. The van der Waals surface area contributed by atoms with Gasteiger partial charge >= 0.3 is 18.1 Å². The van der Waals surface area contributed by atoms with Crippen molar-refractivity contribution in [1.82, 2.24) is 0 Å². The Kier molecular flexibility index (Phi) is 3.79. The molecule has 0 unspecified atom stereocenters. The van der Waals surface area contributed by atoms with Crippen LogP contribution in [0.2, 0.25) is 0 Å². The monoisotopic (exact) mass is 263 g/mol. The van der Waals surface area contributed by atoms with Gasteiger partial charge in [0.2, 0.25) is 0 Å². The van der Waals surface area contributed by atoms with E-state index in [1.165, 1.54) is 18.5 Å². The van der Waals surface area contributed by atoms with Crippen molar-refractivity contribution in [2.75, 3.05) is 12.4 Å². The molecule has 0 aliphatic heterocycles. The fourth-order valence-corrected chi connectivity index (χ4v) is 1.13. The van der Waals surface area contributed by atoms with Crippen LogP contribution >= 0.6 is 0 Å². The Balaban J connectivity index is 3.09. The smallest absolute Gasteiger partial charge is 0.471 e. The molecule has 18 heavy (non-hydrogen) atoms. The number of rotatable bonds is 3. The number of methoxy groups -OCH3 is 1. The molecule has 98 valence electrons. The van der Waals surface area contributed by atoms with Crippen molar-refractivity contribution >= 4 is 17.6 Å². The number of alkyl halides is 3. The maximum absolute atomic E-state index is 12.0. The number of carboxylic acids is 1. The Morgan fingerprint density at radius 2 is 1.94 bits per heavy atom. The van der Waals surface area contributed by atoms with Crippen LogP contribution in [0.25, 0.3) is 0 Å². The first-order valence-electron chi connectivity index (χ1n) is 4.55. The summed E-state index contributed by atoms with van der Waals surface area (Å²) in [7, 11) is 1.27. The molecule has 0 spiro atoms. The molecule has 0 radical (unpaired) electrons. The van der Waals surface area contributed by atoms with Gasteiger partial charge in [0.1, 0.15) is 5.75 Å². The summed E-state index contributed by atoms with van der Waals surface area (Å²) in [5.41, 5.74) is -0.947. The van der Waals surface area contributed by atoms with Crippen LogP contribution in [-0.2, 0) is 4.79 Å². The van der Waals surface area contributed by atoms with E-state index in [9.17, 15) is 22.8 Å². The molecule has 1 rings (SSSR count). The highest BCUT2D eigenvalue weighted by atomic mass is 19.4. The van der Waals surface area contributed by atoms with Gasteiger partial charge in [0, 0.05) is 0 Å². The number of aromatic carboxylic acids is 1. The molecule has 0 aliphatic rings. The van der Waals surface area contributed by atoms with Gasteiger partial charge in [0.25, 0.3) is 0 Å². The fourth-order valence-electron chi connectivity index (χ4n) is 1.13. The van der Waals surface area contributed by atoms with Crippen molar-refractivity contribution in [3.8, 4) is 5.75 Å². The summed E-state index contributed by atoms with van der Waals surface area (Å²) in [6.45, 7) is 0. The first kappa shape index (κ1) is 13.8. The molecule has 0 atom stereocenters. The summed E-state index contributed by atoms with van der Waals surface area (Å²) in [4.78, 5) is 21.5. The highest BCUT2D eigenvalue weighted by Gasteiger charge is 2.39. The molecule has 1 amide bonds. The molecule has 2 N–H and O–H groups in total. The van der Waals surface area contributed by atoms with Crippen LogP contribution in [0.5, 0.6) is 5.75 Å². The average molecular weight is 263 g/mol. The van der Waals surface area contributed by atoms with Crippen molar-refractivity contribution in [3.63, 3.8) is 0 Å². The SMILES string of the molecule is COc1ccc(NC(=O)C(F)(F)F)c(C(=O)O)c1. The van der Waals surface area contributed by atoms with E-state index in [1.807, 2.05) is 0 Å². The number of amides is 1. The van der Waals surface area contributed by atoms with Gasteiger partial charge in [-0.1, -0.05) is 0 Å². The second kappa shape index (κ2) is 4.94. The van der Waals surface area contributed by atoms with Gasteiger partial charge in [-0.2, -0.15) is 13.2 Å². The van der Waals surface area contributed by atoms with E-state index in [1.54, 1.807) is 0 Å². The molecule has 0 saturated heterocycles. The van der Waals surface area contributed by atoms with Gasteiger partial charge in [-0.3, -0.25) is 4.79 Å². The molecule has 0 saturated carbocycles. The van der Waals surface area contributed by atoms with E-state index in [0.717, 1.165) is 12.1 Å². The van der Waals surface area contributed by atoms with Crippen molar-refractivity contribution in [3.05, 3.63) is 23.8 Å². The van der Waals surface area contributed by atoms with Crippen LogP contribution in [0.3, 0.4) is 0 Å². The van der Waals surface area contributed by atoms with Crippen molar-refractivity contribution < 1.29 is 32.6 Å². The van der Waals surface area contributed by atoms with Crippen LogP contribution in [0.15, 0.2) is 18.2 Å². The molecule has 0 heterocycles. The lowest BCUT2D eigenvalue weighted by Gasteiger charge is -2.11. The number of carbonyl (C=O) groups is 2. The van der Waals surface area contributed by atoms with Crippen molar-refractivity contribution in [2.45, 2.75) is 6.18 Å². The first-order valence-corrected chi connectivity index (χ1v) is 4.55. The Hall–Kier alpha value is -2.25. The third-order valence-corrected chi connectivity index (χ3v) is 1.96. The summed E-state index contributed by atoms with van der Waals surface area (Å²) in [6, 6.07) is 3.26. The highest BCUT2D eigenvalue weighted by molar-refractivity contribution is 6.02. The second-order valence-corrected chi connectivity index (χ2v) is 3.17. The molecule has 0 bridgehead atoms. The molecule has 8 heteroatoms. The summed E-state index contributed by atoms with van der Waals surface area (Å²) in [5, 5.41) is 10.3. The van der Waals surface area contributed by atoms with Crippen molar-refractivity contribution in [2.24, 2.45) is 0 Å². The fraction of sp³-hybridized carbons (Fsp3) is 0.200. The molecule has 5 nitrogen and oxygen atoms in total. The van der Waals surface area contributed by atoms with Crippen LogP contribution in [0.1, 0.15) is 10.4 Å². The predicted octanol–water partition coefficient (Wildman–Crippen LogP) is 1.89. The molecular formula is C10H8F3NO4. The zero-order valence-electron chi connectivity index (χ0n) is 9.04. The van der Waals surface area contributed by atoms with Gasteiger partial charge in [-0.25, -0.2) is 4.79 Å². The van der Waals surface area contributed by atoms with Crippen LogP contribution in [0, 0.1) is 0 Å². The number of hydrogen-bond donors (Lipinski definition) is 2. The maximum atomic E-state index is 12.0. The molecule has 0 aliphatic carbocycles. The molecular weight excluding hydrogens is 255 g/mol. The number of carboxylic acid groups (broad SMARTS) is 1. The van der Waals surface area contributed by atoms with Gasteiger partial charge < -0.3 is 15.2 Å². The van der Waals surface area contributed by atoms with Gasteiger partial charge in [0.15, 0.2) is 0 Å². The van der Waals surface area contributed by atoms with Crippen LogP contribution in [0.4, 0.5) is 18.9 Å². The van der Waals surface area contributed by atoms with Gasteiger partial charge in [-0.05, 0) is 18.2 Å². The number of ether oxygens (including phenoxy) is 1. The summed E-state index contributed by atoms with van der Waals surface area (Å²) in [6.07, 6.45) is -5.09.